The van der Waals surface area contributed by atoms with E-state index < -0.39 is 0 Å². The number of ether oxygens (including phenoxy) is 1. The molecule has 1 aliphatic rings. The minimum atomic E-state index is 0.0640. The Labute approximate surface area is 178 Å². The van der Waals surface area contributed by atoms with E-state index in [1.54, 1.807) is 15.8 Å². The van der Waals surface area contributed by atoms with Crippen LogP contribution in [-0.2, 0) is 23.2 Å². The Morgan fingerprint density at radius 1 is 1.23 bits per heavy atom. The molecule has 1 N–H and O–H groups in total. The maximum Gasteiger partial charge on any atom is 0.246 e. The van der Waals surface area contributed by atoms with Gasteiger partial charge in [0.1, 0.15) is 6.54 Å². The van der Waals surface area contributed by atoms with E-state index in [2.05, 4.69) is 22.5 Å². The molecule has 30 heavy (non-hydrogen) atoms. The van der Waals surface area contributed by atoms with Crippen LogP contribution in [0.15, 0.2) is 47.7 Å². The second-order valence-electron chi connectivity index (χ2n) is 7.32. The number of aliphatic imine (C=N–C) groups is 1. The number of guanidine groups is 1. The SMILES string of the molecule is CCNC(=NCCCCOCc1ccccc1)N1CCN(c2cnn(C)c2)C(=O)C1. The number of hydrogen-bond donors (Lipinski definition) is 1. The van der Waals surface area contributed by atoms with Crippen molar-refractivity contribution in [2.24, 2.45) is 12.0 Å². The van der Waals surface area contributed by atoms with Crippen molar-refractivity contribution < 1.29 is 9.53 Å². The van der Waals surface area contributed by atoms with Gasteiger partial charge < -0.3 is 19.9 Å². The summed E-state index contributed by atoms with van der Waals surface area (Å²) in [7, 11) is 1.85. The predicted molar refractivity (Wildman–Crippen MR) is 118 cm³/mol. The van der Waals surface area contributed by atoms with Gasteiger partial charge in [0.15, 0.2) is 5.96 Å². The molecule has 1 fully saturated rings. The molecule has 0 spiro atoms. The number of carbonyl (C=O) groups is 1. The van der Waals surface area contributed by atoms with Crippen molar-refractivity contribution in [3.63, 3.8) is 0 Å². The van der Waals surface area contributed by atoms with E-state index in [9.17, 15) is 4.79 Å². The minimum absolute atomic E-state index is 0.0640. The summed E-state index contributed by atoms with van der Waals surface area (Å²) in [5.41, 5.74) is 2.04. The van der Waals surface area contributed by atoms with Crippen LogP contribution in [0.1, 0.15) is 25.3 Å². The molecule has 1 aromatic carbocycles. The van der Waals surface area contributed by atoms with E-state index in [0.717, 1.165) is 44.2 Å². The van der Waals surface area contributed by atoms with Gasteiger partial charge in [-0.25, -0.2) is 0 Å². The van der Waals surface area contributed by atoms with Gasteiger partial charge in [-0.15, -0.1) is 0 Å². The van der Waals surface area contributed by atoms with Crippen LogP contribution >= 0.6 is 0 Å². The average Bonchev–Trinajstić information content (AvgIpc) is 3.19. The van der Waals surface area contributed by atoms with Gasteiger partial charge in [-0.3, -0.25) is 14.5 Å². The number of rotatable bonds is 9. The fourth-order valence-electron chi connectivity index (χ4n) is 3.37. The lowest BCUT2D eigenvalue weighted by atomic mass is 10.2. The summed E-state index contributed by atoms with van der Waals surface area (Å²) in [6.45, 7) is 6.60. The lowest BCUT2D eigenvalue weighted by Crippen LogP contribution is -2.55. The first-order chi connectivity index (χ1) is 14.7. The first kappa shape index (κ1) is 21.8. The molecular formula is C22H32N6O2. The summed E-state index contributed by atoms with van der Waals surface area (Å²) in [4.78, 5) is 21.2. The van der Waals surface area contributed by atoms with Crippen LogP contribution in [0.25, 0.3) is 0 Å². The minimum Gasteiger partial charge on any atom is -0.377 e. The van der Waals surface area contributed by atoms with E-state index in [1.807, 2.05) is 43.3 Å². The third kappa shape index (κ3) is 6.32. The van der Waals surface area contributed by atoms with Crippen LogP contribution in [0, 0.1) is 0 Å². The van der Waals surface area contributed by atoms with Crippen LogP contribution in [0.4, 0.5) is 5.69 Å². The number of nitrogens with zero attached hydrogens (tertiary/aromatic N) is 5. The fourth-order valence-corrected chi connectivity index (χ4v) is 3.37. The molecule has 8 nitrogen and oxygen atoms in total. The number of anilines is 1. The van der Waals surface area contributed by atoms with E-state index >= 15 is 0 Å². The van der Waals surface area contributed by atoms with Crippen molar-refractivity contribution in [1.82, 2.24) is 20.0 Å². The Hall–Kier alpha value is -2.87. The summed E-state index contributed by atoms with van der Waals surface area (Å²) >= 11 is 0. The summed E-state index contributed by atoms with van der Waals surface area (Å²) < 4.78 is 7.44. The number of nitrogens with one attached hydrogen (secondary N) is 1. The van der Waals surface area contributed by atoms with E-state index in [1.165, 1.54) is 5.56 Å². The molecule has 1 aliphatic heterocycles. The number of aryl methyl sites for hydroxylation is 1. The van der Waals surface area contributed by atoms with Crippen LogP contribution in [0.3, 0.4) is 0 Å². The zero-order valence-corrected chi connectivity index (χ0v) is 18.0. The number of carbonyl (C=O) groups excluding carboxylic acids is 1. The van der Waals surface area contributed by atoms with Gasteiger partial charge in [-0.05, 0) is 25.3 Å². The van der Waals surface area contributed by atoms with E-state index in [0.29, 0.717) is 26.2 Å². The predicted octanol–water partition coefficient (Wildman–Crippen LogP) is 2.03. The van der Waals surface area contributed by atoms with Crippen LogP contribution in [0.2, 0.25) is 0 Å². The topological polar surface area (TPSA) is 75.0 Å². The van der Waals surface area contributed by atoms with Crippen LogP contribution < -0.4 is 10.2 Å². The van der Waals surface area contributed by atoms with Crippen molar-refractivity contribution in [2.75, 3.05) is 44.2 Å². The van der Waals surface area contributed by atoms with Gasteiger partial charge in [-0.1, -0.05) is 30.3 Å². The first-order valence-corrected chi connectivity index (χ1v) is 10.6. The third-order valence-corrected chi connectivity index (χ3v) is 4.93. The molecule has 0 unspecified atom stereocenters. The van der Waals surface area contributed by atoms with Gasteiger partial charge in [0.05, 0.1) is 18.5 Å². The van der Waals surface area contributed by atoms with E-state index in [-0.39, 0.29) is 5.91 Å². The number of piperazine rings is 1. The third-order valence-electron chi connectivity index (χ3n) is 4.93. The number of aromatic nitrogens is 2. The standard InChI is InChI=1S/C22H32N6O2/c1-3-23-22(24-11-7-8-14-30-18-19-9-5-4-6-10-19)27-12-13-28(21(29)17-27)20-15-25-26(2)16-20/h4-6,9-10,15-16H,3,7-8,11-14,17-18H2,1-2H3,(H,23,24). The first-order valence-electron chi connectivity index (χ1n) is 10.6. The van der Waals surface area contributed by atoms with Gasteiger partial charge in [0, 0.05) is 46.0 Å². The average molecular weight is 413 g/mol. The second-order valence-corrected chi connectivity index (χ2v) is 7.32. The van der Waals surface area contributed by atoms with Crippen LogP contribution in [0.5, 0.6) is 0 Å². The lowest BCUT2D eigenvalue weighted by Gasteiger charge is -2.35. The molecule has 0 bridgehead atoms. The molecule has 3 rings (SSSR count). The maximum atomic E-state index is 12.6. The van der Waals surface area contributed by atoms with Gasteiger partial charge in [-0.2, -0.15) is 5.10 Å². The fraction of sp³-hybridized carbons (Fsp3) is 0.500. The van der Waals surface area contributed by atoms with Crippen molar-refractivity contribution in [3.05, 3.63) is 48.3 Å². The zero-order valence-electron chi connectivity index (χ0n) is 18.0. The van der Waals surface area contributed by atoms with Crippen molar-refractivity contribution in [1.29, 1.82) is 0 Å². The van der Waals surface area contributed by atoms with Crippen molar-refractivity contribution in [2.45, 2.75) is 26.4 Å². The highest BCUT2D eigenvalue weighted by molar-refractivity contribution is 5.98. The number of hydrogen-bond acceptors (Lipinski definition) is 4. The Morgan fingerprint density at radius 3 is 2.77 bits per heavy atom. The van der Waals surface area contributed by atoms with Gasteiger partial charge >= 0.3 is 0 Å². The molecule has 1 amide bonds. The summed E-state index contributed by atoms with van der Waals surface area (Å²) in [5.74, 6) is 0.871. The highest BCUT2D eigenvalue weighted by Gasteiger charge is 2.27. The highest BCUT2D eigenvalue weighted by Crippen LogP contribution is 2.16. The monoisotopic (exact) mass is 412 g/mol. The number of unbranched alkanes of at least 4 members (excludes halogenated alkanes) is 1. The smallest absolute Gasteiger partial charge is 0.246 e. The van der Waals surface area contributed by atoms with Gasteiger partial charge in [0.2, 0.25) is 5.91 Å². The zero-order chi connectivity index (χ0) is 21.2. The Balaban J connectivity index is 1.41. The normalized spacial score (nSPS) is 15.0. The highest BCUT2D eigenvalue weighted by atomic mass is 16.5. The number of amides is 1. The Morgan fingerprint density at radius 2 is 2.07 bits per heavy atom. The molecule has 0 radical (unpaired) electrons. The molecule has 0 saturated carbocycles. The Bertz CT molecular complexity index is 820. The molecular weight excluding hydrogens is 380 g/mol. The molecule has 1 saturated heterocycles. The molecule has 2 aromatic rings. The summed E-state index contributed by atoms with van der Waals surface area (Å²) in [6, 6.07) is 10.2. The lowest BCUT2D eigenvalue weighted by molar-refractivity contribution is -0.120. The summed E-state index contributed by atoms with van der Waals surface area (Å²) in [6.07, 6.45) is 5.51. The molecule has 0 atom stereocenters. The molecule has 162 valence electrons. The van der Waals surface area contributed by atoms with Gasteiger partial charge in [0.25, 0.3) is 0 Å². The quantitative estimate of drug-likeness (QED) is 0.388. The number of benzene rings is 1. The molecule has 1 aromatic heterocycles. The van der Waals surface area contributed by atoms with Crippen LogP contribution in [-0.4, -0.2) is 65.9 Å². The second kappa shape index (κ2) is 11.3. The summed E-state index contributed by atoms with van der Waals surface area (Å²) in [5, 5.41) is 7.47. The van der Waals surface area contributed by atoms with Crippen molar-refractivity contribution >= 4 is 17.6 Å². The maximum absolute atomic E-state index is 12.6. The molecule has 2 heterocycles. The molecule has 0 aliphatic carbocycles. The van der Waals surface area contributed by atoms with Crippen molar-refractivity contribution in [3.8, 4) is 0 Å². The van der Waals surface area contributed by atoms with E-state index in [4.69, 9.17) is 9.73 Å². The Kier molecular flexibility index (Phi) is 8.26. The largest absolute Gasteiger partial charge is 0.377 e. The molecule has 8 heteroatoms.